The lowest BCUT2D eigenvalue weighted by atomic mass is 9.72. The van der Waals surface area contributed by atoms with Crippen molar-refractivity contribution in [1.82, 2.24) is 5.32 Å². The van der Waals surface area contributed by atoms with E-state index in [1.807, 2.05) is 19.1 Å². The monoisotopic (exact) mass is 477 g/mol. The van der Waals surface area contributed by atoms with E-state index in [1.165, 1.54) is 0 Å². The smallest absolute Gasteiger partial charge is 0.253 e. The van der Waals surface area contributed by atoms with Crippen LogP contribution in [0, 0.1) is 0 Å². The summed E-state index contributed by atoms with van der Waals surface area (Å²) >= 11 is 11.7. The molecule has 170 valence electrons. The molecular formula is C22H25Cl2N5O3. The van der Waals surface area contributed by atoms with Gasteiger partial charge in [-0.3, -0.25) is 19.7 Å². The number of nitrogens with zero attached hydrogens (tertiary/aromatic N) is 1. The molecule has 1 heterocycles. The van der Waals surface area contributed by atoms with Crippen LogP contribution in [0.15, 0.2) is 47.5 Å². The van der Waals surface area contributed by atoms with Crippen LogP contribution in [-0.2, 0) is 26.2 Å². The van der Waals surface area contributed by atoms with Crippen LogP contribution < -0.4 is 22.5 Å². The van der Waals surface area contributed by atoms with Gasteiger partial charge in [-0.1, -0.05) is 48.3 Å². The lowest BCUT2D eigenvalue weighted by molar-refractivity contribution is -0.138. The van der Waals surface area contributed by atoms with Gasteiger partial charge in [0.15, 0.2) is 5.96 Å². The SMILES string of the molecule is CCC1(c2ccc(N)cc2)CCC(=O)NC1=O.NC(N)=NC(=O)Cc1c(Cl)cccc1Cl. The van der Waals surface area contributed by atoms with E-state index in [4.69, 9.17) is 40.4 Å². The number of aliphatic imine (C=N–C) groups is 1. The van der Waals surface area contributed by atoms with Gasteiger partial charge in [0, 0.05) is 22.2 Å². The largest absolute Gasteiger partial charge is 0.399 e. The predicted molar refractivity (Wildman–Crippen MR) is 126 cm³/mol. The molecule has 1 fully saturated rings. The van der Waals surface area contributed by atoms with Crippen molar-refractivity contribution in [3.63, 3.8) is 0 Å². The molecule has 3 rings (SSSR count). The van der Waals surface area contributed by atoms with Crippen LogP contribution in [0.4, 0.5) is 5.69 Å². The number of hydrogen-bond acceptors (Lipinski definition) is 4. The first kappa shape index (κ1) is 25.2. The minimum atomic E-state index is -0.582. The maximum Gasteiger partial charge on any atom is 0.253 e. The van der Waals surface area contributed by atoms with Crippen molar-refractivity contribution in [3.05, 3.63) is 63.6 Å². The van der Waals surface area contributed by atoms with E-state index in [9.17, 15) is 14.4 Å². The Hall–Kier alpha value is -3.10. The van der Waals surface area contributed by atoms with E-state index >= 15 is 0 Å². The average molecular weight is 478 g/mol. The standard InChI is InChI=1S/C13H16N2O2.C9H9Cl2N3O/c1-2-13(8-7-11(16)15-12(13)17)9-3-5-10(14)6-4-9;10-6-2-1-3-7(11)5(6)4-8(15)14-9(12)13/h3-6H,2,7-8,14H2,1H3,(H,15,16,17);1-3H,4H2,(H4,12,13,14,15). The third-order valence-electron chi connectivity index (χ3n) is 5.18. The second-order valence-corrected chi connectivity index (χ2v) is 8.06. The van der Waals surface area contributed by atoms with Crippen LogP contribution in [0.5, 0.6) is 0 Å². The zero-order chi connectivity index (χ0) is 23.9. The van der Waals surface area contributed by atoms with Gasteiger partial charge >= 0.3 is 0 Å². The molecule has 0 saturated carbocycles. The van der Waals surface area contributed by atoms with Gasteiger partial charge in [-0.2, -0.15) is 4.99 Å². The topological polar surface area (TPSA) is 154 Å². The highest BCUT2D eigenvalue weighted by molar-refractivity contribution is 6.36. The van der Waals surface area contributed by atoms with Crippen molar-refractivity contribution in [2.24, 2.45) is 16.5 Å². The van der Waals surface area contributed by atoms with Crippen molar-refractivity contribution in [3.8, 4) is 0 Å². The highest BCUT2D eigenvalue weighted by atomic mass is 35.5. The lowest BCUT2D eigenvalue weighted by Gasteiger charge is -2.34. The second kappa shape index (κ2) is 11.0. The molecule has 0 aromatic heterocycles. The van der Waals surface area contributed by atoms with E-state index in [1.54, 1.807) is 30.3 Å². The summed E-state index contributed by atoms with van der Waals surface area (Å²) in [5.41, 5.74) is 17.3. The van der Waals surface area contributed by atoms with Gasteiger partial charge in [0.25, 0.3) is 5.91 Å². The second-order valence-electron chi connectivity index (χ2n) is 7.24. The molecule has 7 N–H and O–H groups in total. The van der Waals surface area contributed by atoms with Crippen LogP contribution in [0.25, 0.3) is 0 Å². The van der Waals surface area contributed by atoms with E-state index in [2.05, 4.69) is 10.3 Å². The number of rotatable bonds is 4. The number of piperidine rings is 1. The number of amides is 3. The number of nitrogens with two attached hydrogens (primary N) is 3. The quantitative estimate of drug-likeness (QED) is 0.229. The van der Waals surface area contributed by atoms with Gasteiger partial charge in [-0.05, 0) is 48.2 Å². The number of nitrogen functional groups attached to an aromatic ring is 1. The van der Waals surface area contributed by atoms with E-state index in [0.717, 1.165) is 5.56 Å². The number of carbonyl (C=O) groups excluding carboxylic acids is 3. The van der Waals surface area contributed by atoms with E-state index < -0.39 is 11.3 Å². The molecule has 0 spiro atoms. The normalized spacial score (nSPS) is 17.6. The number of nitrogens with one attached hydrogen (secondary N) is 1. The van der Waals surface area contributed by atoms with Crippen molar-refractivity contribution in [1.29, 1.82) is 0 Å². The van der Waals surface area contributed by atoms with Gasteiger partial charge in [0.1, 0.15) is 0 Å². The van der Waals surface area contributed by atoms with Crippen LogP contribution >= 0.6 is 23.2 Å². The van der Waals surface area contributed by atoms with E-state index in [0.29, 0.717) is 40.6 Å². The number of anilines is 1. The van der Waals surface area contributed by atoms with Crippen LogP contribution in [0.2, 0.25) is 10.0 Å². The summed E-state index contributed by atoms with van der Waals surface area (Å²) in [5, 5.41) is 3.26. The molecule has 2 aromatic rings. The summed E-state index contributed by atoms with van der Waals surface area (Å²) in [5.74, 6) is -1.14. The van der Waals surface area contributed by atoms with Gasteiger partial charge in [0.05, 0.1) is 11.8 Å². The van der Waals surface area contributed by atoms with Crippen molar-refractivity contribution < 1.29 is 14.4 Å². The summed E-state index contributed by atoms with van der Waals surface area (Å²) in [6.07, 6.45) is 1.62. The number of imide groups is 1. The molecule has 0 radical (unpaired) electrons. The zero-order valence-electron chi connectivity index (χ0n) is 17.5. The Kier molecular flexibility index (Phi) is 8.63. The first-order valence-corrected chi connectivity index (χ1v) is 10.6. The summed E-state index contributed by atoms with van der Waals surface area (Å²) in [6, 6.07) is 12.3. The van der Waals surface area contributed by atoms with E-state index in [-0.39, 0.29) is 24.2 Å². The molecule has 32 heavy (non-hydrogen) atoms. The molecule has 10 heteroatoms. The van der Waals surface area contributed by atoms with Gasteiger partial charge in [-0.25, -0.2) is 0 Å². The maximum atomic E-state index is 12.1. The highest BCUT2D eigenvalue weighted by Gasteiger charge is 2.42. The first-order valence-electron chi connectivity index (χ1n) is 9.84. The highest BCUT2D eigenvalue weighted by Crippen LogP contribution is 2.36. The fraction of sp³-hybridized carbons (Fsp3) is 0.273. The van der Waals surface area contributed by atoms with Crippen molar-refractivity contribution in [2.75, 3.05) is 5.73 Å². The fourth-order valence-electron chi connectivity index (χ4n) is 3.40. The third-order valence-corrected chi connectivity index (χ3v) is 5.88. The summed E-state index contributed by atoms with van der Waals surface area (Å²) in [7, 11) is 0. The fourth-order valence-corrected chi connectivity index (χ4v) is 3.94. The molecule has 0 aliphatic carbocycles. The molecule has 8 nitrogen and oxygen atoms in total. The van der Waals surface area contributed by atoms with Gasteiger partial charge in [-0.15, -0.1) is 0 Å². The minimum absolute atomic E-state index is 0.0175. The number of halogens is 2. The molecule has 1 saturated heterocycles. The Morgan fingerprint density at radius 2 is 1.69 bits per heavy atom. The van der Waals surface area contributed by atoms with Gasteiger partial charge in [0.2, 0.25) is 11.8 Å². The molecular weight excluding hydrogens is 453 g/mol. The Bertz CT molecular complexity index is 1020. The van der Waals surface area contributed by atoms with Crippen LogP contribution in [-0.4, -0.2) is 23.7 Å². The van der Waals surface area contributed by atoms with Crippen molar-refractivity contribution >= 4 is 52.6 Å². The summed E-state index contributed by atoms with van der Waals surface area (Å²) in [4.78, 5) is 37.9. The average Bonchev–Trinajstić information content (AvgIpc) is 2.72. The van der Waals surface area contributed by atoms with Crippen molar-refractivity contribution in [2.45, 2.75) is 38.0 Å². The molecule has 1 atom stereocenters. The molecule has 2 aromatic carbocycles. The molecule has 3 amide bonds. The Morgan fingerprint density at radius 3 is 2.19 bits per heavy atom. The number of hydrogen-bond donors (Lipinski definition) is 4. The van der Waals surface area contributed by atoms with Crippen LogP contribution in [0.3, 0.4) is 0 Å². The zero-order valence-corrected chi connectivity index (χ0v) is 19.0. The first-order chi connectivity index (χ1) is 15.1. The molecule has 0 bridgehead atoms. The van der Waals surface area contributed by atoms with Crippen LogP contribution in [0.1, 0.15) is 37.3 Å². The predicted octanol–water partition coefficient (Wildman–Crippen LogP) is 2.69. The lowest BCUT2D eigenvalue weighted by Crippen LogP contribution is -2.51. The molecule has 1 aliphatic heterocycles. The minimum Gasteiger partial charge on any atom is -0.399 e. The molecule has 1 aliphatic rings. The number of guanidine groups is 1. The Balaban J connectivity index is 0.000000229. The summed E-state index contributed by atoms with van der Waals surface area (Å²) < 4.78 is 0. The van der Waals surface area contributed by atoms with Gasteiger partial charge < -0.3 is 17.2 Å². The Labute approximate surface area is 196 Å². The number of carbonyl (C=O) groups is 3. The summed E-state index contributed by atoms with van der Waals surface area (Å²) in [6.45, 7) is 1.96. The maximum absolute atomic E-state index is 12.1. The third kappa shape index (κ3) is 6.21. The number of benzene rings is 2. The Morgan fingerprint density at radius 1 is 1.09 bits per heavy atom. The molecule has 1 unspecified atom stereocenters.